The summed E-state index contributed by atoms with van der Waals surface area (Å²) in [6.07, 6.45) is 3.62. The Morgan fingerprint density at radius 1 is 1.12 bits per heavy atom. The second-order valence-corrected chi connectivity index (χ2v) is 5.75. The highest BCUT2D eigenvalue weighted by atomic mass is 16.5. The number of anilines is 1. The van der Waals surface area contributed by atoms with E-state index in [0.717, 1.165) is 19.6 Å². The zero-order chi connectivity index (χ0) is 16.8. The molecule has 6 heteroatoms. The zero-order valence-corrected chi connectivity index (χ0v) is 13.8. The largest absolute Gasteiger partial charge is 0.495 e. The van der Waals surface area contributed by atoms with Crippen molar-refractivity contribution in [2.45, 2.75) is 6.54 Å². The summed E-state index contributed by atoms with van der Waals surface area (Å²) in [6.45, 7) is 4.05. The summed E-state index contributed by atoms with van der Waals surface area (Å²) in [5.74, 6) is 0.669. The molecule has 2 amide bonds. The Morgan fingerprint density at radius 2 is 1.83 bits per heavy atom. The van der Waals surface area contributed by atoms with E-state index in [4.69, 9.17) is 4.74 Å². The highest BCUT2D eigenvalue weighted by Crippen LogP contribution is 2.23. The predicted octanol–water partition coefficient (Wildman–Crippen LogP) is 2.44. The van der Waals surface area contributed by atoms with E-state index in [-0.39, 0.29) is 6.03 Å². The number of nitrogens with one attached hydrogen (secondary N) is 1. The second-order valence-electron chi connectivity index (χ2n) is 5.75. The first kappa shape index (κ1) is 16.3. The van der Waals surface area contributed by atoms with Crippen LogP contribution in [0.2, 0.25) is 0 Å². The molecule has 1 saturated heterocycles. The Morgan fingerprint density at radius 3 is 2.54 bits per heavy atom. The number of aromatic nitrogens is 1. The van der Waals surface area contributed by atoms with E-state index in [0.29, 0.717) is 24.5 Å². The van der Waals surface area contributed by atoms with Crippen LogP contribution in [-0.4, -0.2) is 54.1 Å². The fourth-order valence-corrected chi connectivity index (χ4v) is 2.80. The van der Waals surface area contributed by atoms with Crippen molar-refractivity contribution in [3.63, 3.8) is 0 Å². The van der Waals surface area contributed by atoms with Gasteiger partial charge in [0.1, 0.15) is 5.75 Å². The van der Waals surface area contributed by atoms with Crippen LogP contribution in [0.3, 0.4) is 0 Å². The molecule has 1 fully saturated rings. The number of carbonyl (C=O) groups is 1. The highest BCUT2D eigenvalue weighted by molar-refractivity contribution is 5.91. The van der Waals surface area contributed by atoms with Gasteiger partial charge in [0.25, 0.3) is 0 Å². The van der Waals surface area contributed by atoms with Gasteiger partial charge in [0, 0.05) is 45.1 Å². The van der Waals surface area contributed by atoms with Crippen molar-refractivity contribution in [2.24, 2.45) is 0 Å². The van der Waals surface area contributed by atoms with Crippen molar-refractivity contribution in [1.29, 1.82) is 0 Å². The Kier molecular flexibility index (Phi) is 5.28. The van der Waals surface area contributed by atoms with Gasteiger partial charge in [0.15, 0.2) is 0 Å². The quantitative estimate of drug-likeness (QED) is 0.937. The first-order valence-corrected chi connectivity index (χ1v) is 8.06. The van der Waals surface area contributed by atoms with E-state index in [9.17, 15) is 4.79 Å². The molecule has 126 valence electrons. The van der Waals surface area contributed by atoms with Crippen LogP contribution in [0.15, 0.2) is 48.8 Å². The molecule has 0 saturated carbocycles. The van der Waals surface area contributed by atoms with Gasteiger partial charge in [-0.1, -0.05) is 12.1 Å². The van der Waals surface area contributed by atoms with Crippen molar-refractivity contribution in [3.05, 3.63) is 54.4 Å². The summed E-state index contributed by atoms with van der Waals surface area (Å²) < 4.78 is 5.27. The molecule has 2 heterocycles. The van der Waals surface area contributed by atoms with Crippen LogP contribution in [-0.2, 0) is 6.54 Å². The van der Waals surface area contributed by atoms with Crippen molar-refractivity contribution >= 4 is 11.7 Å². The number of benzene rings is 1. The van der Waals surface area contributed by atoms with Gasteiger partial charge >= 0.3 is 6.03 Å². The number of nitrogens with zero attached hydrogens (tertiary/aromatic N) is 3. The van der Waals surface area contributed by atoms with Crippen molar-refractivity contribution in [3.8, 4) is 5.75 Å². The number of piperazine rings is 1. The van der Waals surface area contributed by atoms with Crippen LogP contribution in [0, 0.1) is 0 Å². The van der Waals surface area contributed by atoms with E-state index in [1.54, 1.807) is 7.11 Å². The lowest BCUT2D eigenvalue weighted by atomic mass is 10.2. The monoisotopic (exact) mass is 326 g/mol. The molecule has 2 aromatic rings. The molecule has 3 rings (SSSR count). The van der Waals surface area contributed by atoms with Crippen LogP contribution < -0.4 is 10.1 Å². The van der Waals surface area contributed by atoms with E-state index >= 15 is 0 Å². The molecule has 0 unspecified atom stereocenters. The lowest BCUT2D eigenvalue weighted by Crippen LogP contribution is -2.49. The fourth-order valence-electron chi connectivity index (χ4n) is 2.80. The number of para-hydroxylation sites is 2. The maximum Gasteiger partial charge on any atom is 0.322 e. The van der Waals surface area contributed by atoms with Crippen LogP contribution in [0.5, 0.6) is 5.75 Å². The van der Waals surface area contributed by atoms with Crippen LogP contribution in [0.4, 0.5) is 10.5 Å². The van der Waals surface area contributed by atoms with Crippen molar-refractivity contribution in [1.82, 2.24) is 14.8 Å². The molecule has 0 spiro atoms. The number of methoxy groups -OCH3 is 1. The minimum Gasteiger partial charge on any atom is -0.495 e. The minimum atomic E-state index is -0.0805. The van der Waals surface area contributed by atoms with Gasteiger partial charge in [-0.25, -0.2) is 4.79 Å². The molecule has 0 aliphatic carbocycles. The van der Waals surface area contributed by atoms with Gasteiger partial charge < -0.3 is 15.0 Å². The first-order chi connectivity index (χ1) is 11.8. The molecule has 24 heavy (non-hydrogen) atoms. The summed E-state index contributed by atoms with van der Waals surface area (Å²) in [5.41, 5.74) is 1.95. The molecule has 1 aromatic heterocycles. The lowest BCUT2D eigenvalue weighted by molar-refractivity contribution is 0.143. The summed E-state index contributed by atoms with van der Waals surface area (Å²) in [4.78, 5) is 20.7. The molecular formula is C18H22N4O2. The van der Waals surface area contributed by atoms with Gasteiger partial charge in [-0.2, -0.15) is 0 Å². The van der Waals surface area contributed by atoms with Crippen LogP contribution in [0.1, 0.15) is 5.56 Å². The van der Waals surface area contributed by atoms with E-state index in [1.807, 2.05) is 53.7 Å². The topological polar surface area (TPSA) is 57.7 Å². The molecule has 1 N–H and O–H groups in total. The van der Waals surface area contributed by atoms with Crippen molar-refractivity contribution in [2.75, 3.05) is 38.6 Å². The average Bonchev–Trinajstić information content (AvgIpc) is 2.63. The summed E-state index contributed by atoms with van der Waals surface area (Å²) >= 11 is 0. The Hall–Kier alpha value is -2.60. The number of rotatable bonds is 4. The Labute approximate surface area is 142 Å². The normalized spacial score (nSPS) is 15.1. The predicted molar refractivity (Wildman–Crippen MR) is 93.1 cm³/mol. The molecule has 6 nitrogen and oxygen atoms in total. The number of ether oxygens (including phenoxy) is 1. The zero-order valence-electron chi connectivity index (χ0n) is 13.8. The highest BCUT2D eigenvalue weighted by Gasteiger charge is 2.21. The van der Waals surface area contributed by atoms with Gasteiger partial charge in [0.05, 0.1) is 12.8 Å². The number of hydrogen-bond donors (Lipinski definition) is 1. The Bertz CT molecular complexity index is 670. The fraction of sp³-hybridized carbons (Fsp3) is 0.333. The number of hydrogen-bond acceptors (Lipinski definition) is 4. The van der Waals surface area contributed by atoms with Gasteiger partial charge in [-0.3, -0.25) is 9.88 Å². The first-order valence-electron chi connectivity index (χ1n) is 8.06. The van der Waals surface area contributed by atoms with E-state index < -0.39 is 0 Å². The molecule has 1 aliphatic heterocycles. The third-order valence-electron chi connectivity index (χ3n) is 4.16. The lowest BCUT2D eigenvalue weighted by Gasteiger charge is -2.34. The molecule has 0 radical (unpaired) electrons. The maximum absolute atomic E-state index is 12.4. The third-order valence-corrected chi connectivity index (χ3v) is 4.16. The van der Waals surface area contributed by atoms with Gasteiger partial charge in [-0.05, 0) is 29.8 Å². The number of amides is 2. The van der Waals surface area contributed by atoms with Crippen molar-refractivity contribution < 1.29 is 9.53 Å². The number of urea groups is 1. The summed E-state index contributed by atoms with van der Waals surface area (Å²) in [5, 5.41) is 2.93. The van der Waals surface area contributed by atoms with Crippen LogP contribution >= 0.6 is 0 Å². The smallest absolute Gasteiger partial charge is 0.322 e. The minimum absolute atomic E-state index is 0.0805. The standard InChI is InChI=1S/C18H22N4O2/c1-24-17-5-3-2-4-16(17)20-18(23)22-12-10-21(11-13-22)14-15-6-8-19-9-7-15/h2-9H,10-14H2,1H3,(H,20,23). The van der Waals surface area contributed by atoms with E-state index in [2.05, 4.69) is 15.2 Å². The van der Waals surface area contributed by atoms with Gasteiger partial charge in [-0.15, -0.1) is 0 Å². The molecule has 0 atom stereocenters. The maximum atomic E-state index is 12.4. The average molecular weight is 326 g/mol. The second kappa shape index (κ2) is 7.79. The third kappa shape index (κ3) is 4.02. The summed E-state index contributed by atoms with van der Waals surface area (Å²) in [6, 6.07) is 11.4. The number of pyridine rings is 1. The summed E-state index contributed by atoms with van der Waals surface area (Å²) in [7, 11) is 1.60. The van der Waals surface area contributed by atoms with E-state index in [1.165, 1.54) is 5.56 Å². The van der Waals surface area contributed by atoms with Gasteiger partial charge in [0.2, 0.25) is 0 Å². The molecule has 1 aliphatic rings. The van der Waals surface area contributed by atoms with Crippen LogP contribution in [0.25, 0.3) is 0 Å². The molecular weight excluding hydrogens is 304 g/mol. The number of carbonyl (C=O) groups excluding carboxylic acids is 1. The molecule has 1 aromatic carbocycles. The SMILES string of the molecule is COc1ccccc1NC(=O)N1CCN(Cc2ccncc2)CC1. The molecule has 0 bridgehead atoms. The Balaban J connectivity index is 1.52.